The van der Waals surface area contributed by atoms with E-state index in [1.54, 1.807) is 23.0 Å². The number of aliphatic hydroxyl groups is 1. The Morgan fingerprint density at radius 3 is 3.00 bits per heavy atom. The summed E-state index contributed by atoms with van der Waals surface area (Å²) in [6.07, 6.45) is 3.15. The highest BCUT2D eigenvalue weighted by atomic mass is 35.5. The van der Waals surface area contributed by atoms with Gasteiger partial charge in [0.15, 0.2) is 0 Å². The molecule has 1 aromatic carbocycles. The van der Waals surface area contributed by atoms with E-state index in [1.165, 1.54) is 6.20 Å². The average Bonchev–Trinajstić information content (AvgIpc) is 2.81. The van der Waals surface area contributed by atoms with Crippen molar-refractivity contribution in [2.75, 3.05) is 17.2 Å². The first-order chi connectivity index (χ1) is 9.58. The van der Waals surface area contributed by atoms with Crippen molar-refractivity contribution in [3.63, 3.8) is 0 Å². The lowest BCUT2D eigenvalue weighted by Gasteiger charge is -2.09. The van der Waals surface area contributed by atoms with Gasteiger partial charge >= 0.3 is 6.03 Å². The summed E-state index contributed by atoms with van der Waals surface area (Å²) in [6, 6.07) is 4.90. The van der Waals surface area contributed by atoms with Crippen molar-refractivity contribution in [3.8, 4) is 0 Å². The highest BCUT2D eigenvalue weighted by Crippen LogP contribution is 2.20. The van der Waals surface area contributed by atoms with Crippen molar-refractivity contribution in [3.05, 3.63) is 41.2 Å². The molecule has 1 heterocycles. The predicted molar refractivity (Wildman–Crippen MR) is 78.1 cm³/mol. The van der Waals surface area contributed by atoms with Crippen LogP contribution < -0.4 is 10.6 Å². The fraction of sp³-hybridized carbons (Fsp3) is 0.231. The number of carbonyl (C=O) groups is 1. The SMILES string of the molecule is Cc1ccc(Cl)cc1NC(=O)Nc1cnn(CCO)c1. The first-order valence-electron chi connectivity index (χ1n) is 6.06. The molecule has 2 aromatic rings. The first-order valence-corrected chi connectivity index (χ1v) is 6.44. The van der Waals surface area contributed by atoms with Crippen LogP contribution in [0.4, 0.5) is 16.2 Å². The second-order valence-electron chi connectivity index (χ2n) is 4.25. The molecule has 1 aromatic heterocycles. The number of hydrogen-bond donors (Lipinski definition) is 3. The van der Waals surface area contributed by atoms with Gasteiger partial charge in [-0.15, -0.1) is 0 Å². The molecule has 0 unspecified atom stereocenters. The molecule has 0 aliphatic carbocycles. The maximum Gasteiger partial charge on any atom is 0.323 e. The number of hydrogen-bond acceptors (Lipinski definition) is 3. The lowest BCUT2D eigenvalue weighted by atomic mass is 10.2. The van der Waals surface area contributed by atoms with Crippen LogP contribution in [0.5, 0.6) is 0 Å². The summed E-state index contributed by atoms with van der Waals surface area (Å²) in [7, 11) is 0. The summed E-state index contributed by atoms with van der Waals surface area (Å²) in [6.45, 7) is 2.26. The van der Waals surface area contributed by atoms with Crippen LogP contribution in [0.15, 0.2) is 30.6 Å². The number of nitrogens with zero attached hydrogens (tertiary/aromatic N) is 2. The standard InChI is InChI=1S/C13H15ClN4O2/c1-9-2-3-10(14)6-12(9)17-13(20)16-11-7-15-18(8-11)4-5-19/h2-3,6-8,19H,4-5H2,1H3,(H2,16,17,20). The third-order valence-corrected chi connectivity index (χ3v) is 2.90. The summed E-state index contributed by atoms with van der Waals surface area (Å²) >= 11 is 5.89. The van der Waals surface area contributed by atoms with Gasteiger partial charge in [0.2, 0.25) is 0 Å². The molecule has 0 atom stereocenters. The summed E-state index contributed by atoms with van der Waals surface area (Å²) in [4.78, 5) is 11.9. The minimum atomic E-state index is -0.376. The number of aromatic nitrogens is 2. The van der Waals surface area contributed by atoms with Gasteiger partial charge in [-0.25, -0.2) is 4.79 Å². The molecule has 7 heteroatoms. The number of urea groups is 1. The Kier molecular flexibility index (Phi) is 4.60. The molecule has 106 valence electrons. The van der Waals surface area contributed by atoms with Gasteiger partial charge < -0.3 is 15.7 Å². The van der Waals surface area contributed by atoms with Crippen LogP contribution in [0.25, 0.3) is 0 Å². The lowest BCUT2D eigenvalue weighted by molar-refractivity contribution is 0.262. The zero-order chi connectivity index (χ0) is 14.5. The molecular weight excluding hydrogens is 280 g/mol. The van der Waals surface area contributed by atoms with Crippen molar-refractivity contribution in [1.82, 2.24) is 9.78 Å². The smallest absolute Gasteiger partial charge is 0.323 e. The van der Waals surface area contributed by atoms with Gasteiger partial charge in [-0.1, -0.05) is 17.7 Å². The molecule has 0 fully saturated rings. The van der Waals surface area contributed by atoms with E-state index in [-0.39, 0.29) is 12.6 Å². The Labute approximate surface area is 121 Å². The molecule has 6 nitrogen and oxygen atoms in total. The van der Waals surface area contributed by atoms with Crippen LogP contribution in [0.3, 0.4) is 0 Å². The van der Waals surface area contributed by atoms with E-state index >= 15 is 0 Å². The normalized spacial score (nSPS) is 10.3. The molecule has 2 rings (SSSR count). The zero-order valence-electron chi connectivity index (χ0n) is 10.9. The number of amides is 2. The van der Waals surface area contributed by atoms with Crippen LogP contribution in [-0.2, 0) is 6.54 Å². The minimum Gasteiger partial charge on any atom is -0.394 e. The summed E-state index contributed by atoms with van der Waals surface area (Å²) in [5.74, 6) is 0. The zero-order valence-corrected chi connectivity index (χ0v) is 11.7. The molecule has 3 N–H and O–H groups in total. The van der Waals surface area contributed by atoms with Gasteiger partial charge in [0.05, 0.1) is 25.0 Å². The number of halogens is 1. The molecule has 0 saturated heterocycles. The first kappa shape index (κ1) is 14.4. The van der Waals surface area contributed by atoms with Gasteiger partial charge in [-0.2, -0.15) is 5.10 Å². The van der Waals surface area contributed by atoms with Crippen molar-refractivity contribution < 1.29 is 9.90 Å². The monoisotopic (exact) mass is 294 g/mol. The highest BCUT2D eigenvalue weighted by Gasteiger charge is 2.07. The molecule has 20 heavy (non-hydrogen) atoms. The number of nitrogens with one attached hydrogen (secondary N) is 2. The number of benzene rings is 1. The van der Waals surface area contributed by atoms with E-state index in [9.17, 15) is 4.79 Å². The molecule has 0 radical (unpaired) electrons. The fourth-order valence-electron chi connectivity index (χ4n) is 1.67. The molecule has 0 spiro atoms. The van der Waals surface area contributed by atoms with Crippen LogP contribution in [0.2, 0.25) is 5.02 Å². The maximum absolute atomic E-state index is 11.9. The second-order valence-corrected chi connectivity index (χ2v) is 4.69. The molecule has 0 aliphatic rings. The van der Waals surface area contributed by atoms with Crippen LogP contribution >= 0.6 is 11.6 Å². The van der Waals surface area contributed by atoms with Gasteiger partial charge in [-0.3, -0.25) is 4.68 Å². The Morgan fingerprint density at radius 1 is 1.45 bits per heavy atom. The van der Waals surface area contributed by atoms with Gasteiger partial charge in [0, 0.05) is 16.9 Å². The summed E-state index contributed by atoms with van der Waals surface area (Å²) in [5.41, 5.74) is 2.12. The van der Waals surface area contributed by atoms with Gasteiger partial charge in [0.1, 0.15) is 0 Å². The van der Waals surface area contributed by atoms with Crippen molar-refractivity contribution in [1.29, 1.82) is 0 Å². The quantitative estimate of drug-likeness (QED) is 0.810. The summed E-state index contributed by atoms with van der Waals surface area (Å²) < 4.78 is 1.54. The molecular formula is C13H15ClN4O2. The van der Waals surface area contributed by atoms with Crippen LogP contribution in [0.1, 0.15) is 5.56 Å². The van der Waals surface area contributed by atoms with E-state index < -0.39 is 0 Å². The average molecular weight is 295 g/mol. The molecule has 2 amide bonds. The van der Waals surface area contributed by atoms with Crippen LogP contribution in [0, 0.1) is 6.92 Å². The van der Waals surface area contributed by atoms with E-state index in [4.69, 9.17) is 16.7 Å². The number of rotatable bonds is 4. The van der Waals surface area contributed by atoms with E-state index in [0.29, 0.717) is 22.9 Å². The maximum atomic E-state index is 11.9. The van der Waals surface area contributed by atoms with E-state index in [2.05, 4.69) is 15.7 Å². The summed E-state index contributed by atoms with van der Waals surface area (Å²) in [5, 5.41) is 18.7. The Hall–Kier alpha value is -2.05. The minimum absolute atomic E-state index is 0.00493. The number of aryl methyl sites for hydroxylation is 1. The third kappa shape index (κ3) is 3.72. The Balaban J connectivity index is 1.99. The van der Waals surface area contributed by atoms with Crippen molar-refractivity contribution in [2.45, 2.75) is 13.5 Å². The van der Waals surface area contributed by atoms with E-state index in [1.807, 2.05) is 13.0 Å². The Bertz CT molecular complexity index is 612. The highest BCUT2D eigenvalue weighted by molar-refractivity contribution is 6.31. The number of anilines is 2. The fourth-order valence-corrected chi connectivity index (χ4v) is 1.84. The Morgan fingerprint density at radius 2 is 2.25 bits per heavy atom. The molecule has 0 bridgehead atoms. The predicted octanol–water partition coefficient (Wildman–Crippen LogP) is 2.48. The molecule has 0 aliphatic heterocycles. The lowest BCUT2D eigenvalue weighted by Crippen LogP contribution is -2.19. The number of carbonyl (C=O) groups excluding carboxylic acids is 1. The molecule has 0 saturated carbocycles. The van der Waals surface area contributed by atoms with E-state index in [0.717, 1.165) is 5.56 Å². The third-order valence-electron chi connectivity index (χ3n) is 2.67. The van der Waals surface area contributed by atoms with Gasteiger partial charge in [-0.05, 0) is 24.6 Å². The second kappa shape index (κ2) is 6.40. The largest absolute Gasteiger partial charge is 0.394 e. The topological polar surface area (TPSA) is 79.2 Å². The van der Waals surface area contributed by atoms with Crippen molar-refractivity contribution in [2.24, 2.45) is 0 Å². The van der Waals surface area contributed by atoms with Crippen LogP contribution in [-0.4, -0.2) is 27.5 Å². The van der Waals surface area contributed by atoms with Gasteiger partial charge in [0.25, 0.3) is 0 Å². The van der Waals surface area contributed by atoms with Crippen molar-refractivity contribution >= 4 is 29.0 Å². The number of aliphatic hydroxyl groups excluding tert-OH is 1.